The van der Waals surface area contributed by atoms with Crippen LogP contribution in [0.25, 0.3) is 11.0 Å². The average molecular weight is 415 g/mol. The number of carbonyl (C=O) groups is 2. The molecule has 0 saturated carbocycles. The molecule has 142 valence electrons. The van der Waals surface area contributed by atoms with Gasteiger partial charge in [-0.15, -0.1) is 11.3 Å². The molecule has 0 atom stereocenters. The van der Waals surface area contributed by atoms with Gasteiger partial charge in [-0.1, -0.05) is 11.6 Å². The number of nitrogens with zero attached hydrogens (tertiary/aromatic N) is 1. The highest BCUT2D eigenvalue weighted by Gasteiger charge is 2.22. The van der Waals surface area contributed by atoms with E-state index < -0.39 is 18.5 Å². The van der Waals surface area contributed by atoms with Crippen molar-refractivity contribution in [2.24, 2.45) is 0 Å². The first kappa shape index (κ1) is 18.5. The van der Waals surface area contributed by atoms with E-state index in [0.29, 0.717) is 26.6 Å². The van der Waals surface area contributed by atoms with Crippen molar-refractivity contribution in [1.29, 1.82) is 5.26 Å². The summed E-state index contributed by atoms with van der Waals surface area (Å²) in [5.41, 5.74) is 2.06. The third kappa shape index (κ3) is 3.61. The standard InChI is InChI=1S/C20H15ClN2O4S/c21-12-5-6-15-11(7-12)8-16(27-15)20(25)26-10-18(24)23-19-14(9-22)13-3-1-2-4-17(13)28-19/h5-8H,1-4,10H2,(H,23,24). The van der Waals surface area contributed by atoms with E-state index in [0.717, 1.165) is 36.1 Å². The minimum absolute atomic E-state index is 0.00521. The lowest BCUT2D eigenvalue weighted by Gasteiger charge is -2.09. The van der Waals surface area contributed by atoms with Crippen molar-refractivity contribution >= 4 is 50.8 Å². The first-order chi connectivity index (χ1) is 13.5. The lowest BCUT2D eigenvalue weighted by Crippen LogP contribution is -2.20. The maximum Gasteiger partial charge on any atom is 0.374 e. The lowest BCUT2D eigenvalue weighted by atomic mass is 9.96. The number of fused-ring (bicyclic) bond motifs is 2. The Kier molecular flexibility index (Phi) is 5.07. The van der Waals surface area contributed by atoms with Crippen LogP contribution in [0, 0.1) is 11.3 Å². The maximum atomic E-state index is 12.2. The van der Waals surface area contributed by atoms with Crippen molar-refractivity contribution in [3.05, 3.63) is 51.1 Å². The van der Waals surface area contributed by atoms with E-state index in [9.17, 15) is 14.9 Å². The Morgan fingerprint density at radius 2 is 2.11 bits per heavy atom. The van der Waals surface area contributed by atoms with Crippen LogP contribution in [0.15, 0.2) is 28.7 Å². The minimum Gasteiger partial charge on any atom is -0.450 e. The molecule has 3 aromatic rings. The molecule has 6 nitrogen and oxygen atoms in total. The number of ether oxygens (including phenoxy) is 1. The topological polar surface area (TPSA) is 92.3 Å². The van der Waals surface area contributed by atoms with Crippen LogP contribution in [0.3, 0.4) is 0 Å². The number of aryl methyl sites for hydroxylation is 1. The fourth-order valence-electron chi connectivity index (χ4n) is 3.25. The second-order valence-corrected chi connectivity index (χ2v) is 7.99. The normalized spacial score (nSPS) is 13.0. The minimum atomic E-state index is -0.742. The van der Waals surface area contributed by atoms with E-state index in [1.165, 1.54) is 17.4 Å². The Morgan fingerprint density at radius 1 is 1.29 bits per heavy atom. The van der Waals surface area contributed by atoms with E-state index in [1.54, 1.807) is 18.2 Å². The summed E-state index contributed by atoms with van der Waals surface area (Å²) in [6.07, 6.45) is 3.92. The molecular weight excluding hydrogens is 400 g/mol. The maximum absolute atomic E-state index is 12.2. The van der Waals surface area contributed by atoms with E-state index in [2.05, 4.69) is 11.4 Å². The van der Waals surface area contributed by atoms with Crippen LogP contribution in [-0.2, 0) is 22.4 Å². The molecule has 0 unspecified atom stereocenters. The predicted octanol–water partition coefficient (Wildman–Crippen LogP) is 4.69. The van der Waals surface area contributed by atoms with E-state index in [-0.39, 0.29) is 5.76 Å². The number of halogens is 1. The fourth-order valence-corrected chi connectivity index (χ4v) is 4.69. The zero-order valence-corrected chi connectivity index (χ0v) is 16.3. The van der Waals surface area contributed by atoms with E-state index in [1.807, 2.05) is 0 Å². The Balaban J connectivity index is 1.41. The Morgan fingerprint density at radius 3 is 2.93 bits per heavy atom. The summed E-state index contributed by atoms with van der Waals surface area (Å²) in [7, 11) is 0. The van der Waals surface area contributed by atoms with Crippen LogP contribution in [0.1, 0.15) is 39.4 Å². The molecule has 0 bridgehead atoms. The molecule has 0 aliphatic heterocycles. The van der Waals surface area contributed by atoms with Gasteiger partial charge < -0.3 is 14.5 Å². The van der Waals surface area contributed by atoms with Crippen molar-refractivity contribution < 1.29 is 18.7 Å². The lowest BCUT2D eigenvalue weighted by molar-refractivity contribution is -0.119. The molecule has 2 aromatic heterocycles. The van der Waals surface area contributed by atoms with Crippen LogP contribution in [0.2, 0.25) is 5.02 Å². The van der Waals surface area contributed by atoms with Crippen LogP contribution in [0.5, 0.6) is 0 Å². The molecule has 1 amide bonds. The summed E-state index contributed by atoms with van der Waals surface area (Å²) in [6, 6.07) is 8.68. The SMILES string of the molecule is N#Cc1c(NC(=O)COC(=O)c2cc3cc(Cl)ccc3o2)sc2c1CCCC2. The van der Waals surface area contributed by atoms with Crippen molar-refractivity contribution in [3.63, 3.8) is 0 Å². The van der Waals surface area contributed by atoms with Crippen molar-refractivity contribution in [3.8, 4) is 6.07 Å². The number of thiophene rings is 1. The second-order valence-electron chi connectivity index (χ2n) is 6.44. The predicted molar refractivity (Wildman–Crippen MR) is 106 cm³/mol. The summed E-state index contributed by atoms with van der Waals surface area (Å²) < 4.78 is 10.5. The number of hydrogen-bond acceptors (Lipinski definition) is 6. The quantitative estimate of drug-likeness (QED) is 0.625. The van der Waals surface area contributed by atoms with Crippen LogP contribution < -0.4 is 5.32 Å². The highest BCUT2D eigenvalue weighted by atomic mass is 35.5. The molecule has 8 heteroatoms. The summed E-state index contributed by atoms with van der Waals surface area (Å²) in [5.74, 6) is -1.24. The van der Waals surface area contributed by atoms with Crippen molar-refractivity contribution in [1.82, 2.24) is 0 Å². The smallest absolute Gasteiger partial charge is 0.374 e. The third-order valence-electron chi connectivity index (χ3n) is 4.55. The van der Waals surface area contributed by atoms with Crippen molar-refractivity contribution in [2.45, 2.75) is 25.7 Å². The molecular formula is C20H15ClN2O4S. The number of furan rings is 1. The summed E-state index contributed by atoms with van der Waals surface area (Å²) in [5, 5.41) is 13.8. The first-order valence-electron chi connectivity index (χ1n) is 8.76. The molecule has 1 N–H and O–H groups in total. The molecule has 1 aliphatic rings. The number of esters is 1. The highest BCUT2D eigenvalue weighted by molar-refractivity contribution is 7.16. The van der Waals surface area contributed by atoms with Gasteiger partial charge in [0.1, 0.15) is 16.7 Å². The number of anilines is 1. The van der Waals surface area contributed by atoms with Gasteiger partial charge in [-0.25, -0.2) is 4.79 Å². The molecule has 28 heavy (non-hydrogen) atoms. The van der Waals surface area contributed by atoms with Gasteiger partial charge in [-0.3, -0.25) is 4.79 Å². The monoisotopic (exact) mass is 414 g/mol. The Labute approximate surface area is 169 Å². The van der Waals surface area contributed by atoms with Gasteiger partial charge in [0, 0.05) is 15.3 Å². The van der Waals surface area contributed by atoms with Crippen LogP contribution in [0.4, 0.5) is 5.00 Å². The van der Waals surface area contributed by atoms with Gasteiger partial charge >= 0.3 is 5.97 Å². The molecule has 0 spiro atoms. The molecule has 1 aromatic carbocycles. The zero-order chi connectivity index (χ0) is 19.7. The first-order valence-corrected chi connectivity index (χ1v) is 9.95. The van der Waals surface area contributed by atoms with Gasteiger partial charge in [0.25, 0.3) is 5.91 Å². The average Bonchev–Trinajstić information content (AvgIpc) is 3.26. The summed E-state index contributed by atoms with van der Waals surface area (Å²) in [6.45, 7) is -0.468. The van der Waals surface area contributed by atoms with Crippen LogP contribution in [-0.4, -0.2) is 18.5 Å². The fraction of sp³-hybridized carbons (Fsp3) is 0.250. The molecule has 0 radical (unpaired) electrons. The van der Waals surface area contributed by atoms with Gasteiger partial charge in [0.15, 0.2) is 6.61 Å². The van der Waals surface area contributed by atoms with Crippen molar-refractivity contribution in [2.75, 3.05) is 11.9 Å². The number of amides is 1. The van der Waals surface area contributed by atoms with E-state index >= 15 is 0 Å². The number of nitrogens with one attached hydrogen (secondary N) is 1. The van der Waals surface area contributed by atoms with Gasteiger partial charge in [-0.2, -0.15) is 5.26 Å². The summed E-state index contributed by atoms with van der Waals surface area (Å²) >= 11 is 7.34. The summed E-state index contributed by atoms with van der Waals surface area (Å²) in [4.78, 5) is 25.5. The highest BCUT2D eigenvalue weighted by Crippen LogP contribution is 2.37. The number of nitriles is 1. The largest absolute Gasteiger partial charge is 0.450 e. The Hall–Kier alpha value is -2.82. The number of carbonyl (C=O) groups excluding carboxylic acids is 2. The third-order valence-corrected chi connectivity index (χ3v) is 5.99. The molecule has 0 saturated heterocycles. The van der Waals surface area contributed by atoms with Crippen LogP contribution >= 0.6 is 22.9 Å². The number of rotatable bonds is 4. The zero-order valence-electron chi connectivity index (χ0n) is 14.7. The molecule has 0 fully saturated rings. The number of hydrogen-bond donors (Lipinski definition) is 1. The Bertz CT molecular complexity index is 1130. The van der Waals surface area contributed by atoms with E-state index in [4.69, 9.17) is 20.8 Å². The van der Waals surface area contributed by atoms with Gasteiger partial charge in [0.05, 0.1) is 5.56 Å². The van der Waals surface area contributed by atoms with Gasteiger partial charge in [0.2, 0.25) is 5.76 Å². The molecule has 2 heterocycles. The second kappa shape index (κ2) is 7.66. The number of benzene rings is 1. The van der Waals surface area contributed by atoms with Gasteiger partial charge in [-0.05, 0) is 55.5 Å². The molecule has 4 rings (SSSR count). The molecule has 1 aliphatic carbocycles.